The van der Waals surface area contributed by atoms with Gasteiger partial charge in [0.05, 0.1) is 20.6 Å². The molecule has 0 unspecified atom stereocenters. The summed E-state index contributed by atoms with van der Waals surface area (Å²) in [5, 5.41) is 3.76. The summed E-state index contributed by atoms with van der Waals surface area (Å²) in [6.45, 7) is 2.74. The first-order chi connectivity index (χ1) is 9.92. The van der Waals surface area contributed by atoms with E-state index in [-0.39, 0.29) is 4.90 Å². The van der Waals surface area contributed by atoms with Crippen molar-refractivity contribution in [3.05, 3.63) is 52.5 Å². The molecule has 0 spiro atoms. The van der Waals surface area contributed by atoms with Crippen LogP contribution in [0.2, 0.25) is 10.0 Å². The topological polar surface area (TPSA) is 58.2 Å². The lowest BCUT2D eigenvalue weighted by Gasteiger charge is -2.10. The molecule has 0 bridgehead atoms. The fourth-order valence-electron chi connectivity index (χ4n) is 1.73. The van der Waals surface area contributed by atoms with Crippen molar-refractivity contribution in [1.29, 1.82) is 0 Å². The molecular formula is C14H14Cl2N2O2S. The summed E-state index contributed by atoms with van der Waals surface area (Å²) in [6, 6.07) is 11.1. The maximum atomic E-state index is 12.3. The smallest absolute Gasteiger partial charge is 0.261 e. The molecule has 0 aliphatic rings. The summed E-state index contributed by atoms with van der Waals surface area (Å²) in [5.41, 5.74) is 1.23. The number of rotatable bonds is 5. The van der Waals surface area contributed by atoms with Gasteiger partial charge in [-0.15, -0.1) is 0 Å². The molecular weight excluding hydrogens is 331 g/mol. The number of nitrogens with one attached hydrogen (secondary N) is 2. The predicted octanol–water partition coefficient (Wildman–Crippen LogP) is 4.23. The van der Waals surface area contributed by atoms with E-state index < -0.39 is 10.0 Å². The maximum Gasteiger partial charge on any atom is 0.261 e. The second-order valence-corrected chi connectivity index (χ2v) is 6.79. The third-order valence-corrected chi connectivity index (χ3v) is 4.85. The minimum absolute atomic E-state index is 0.176. The van der Waals surface area contributed by atoms with E-state index >= 15 is 0 Å². The van der Waals surface area contributed by atoms with E-state index in [4.69, 9.17) is 23.2 Å². The number of anilines is 2. The molecule has 0 aliphatic heterocycles. The van der Waals surface area contributed by atoms with Gasteiger partial charge in [0.15, 0.2) is 0 Å². The predicted molar refractivity (Wildman–Crippen MR) is 87.9 cm³/mol. The van der Waals surface area contributed by atoms with Crippen molar-refractivity contribution < 1.29 is 8.42 Å². The van der Waals surface area contributed by atoms with Crippen LogP contribution >= 0.6 is 23.2 Å². The molecule has 112 valence electrons. The van der Waals surface area contributed by atoms with Crippen molar-refractivity contribution in [2.24, 2.45) is 0 Å². The summed E-state index contributed by atoms with van der Waals surface area (Å²) in [6.07, 6.45) is 0. The van der Waals surface area contributed by atoms with Crippen molar-refractivity contribution in [2.45, 2.75) is 11.8 Å². The largest absolute Gasteiger partial charge is 0.385 e. The highest BCUT2D eigenvalue weighted by Crippen LogP contribution is 2.26. The molecule has 2 aromatic carbocycles. The van der Waals surface area contributed by atoms with Gasteiger partial charge in [0.25, 0.3) is 10.0 Å². The molecule has 0 radical (unpaired) electrons. The van der Waals surface area contributed by atoms with E-state index in [0.29, 0.717) is 15.7 Å². The molecule has 0 saturated heterocycles. The molecule has 0 aliphatic carbocycles. The van der Waals surface area contributed by atoms with Crippen LogP contribution in [0.4, 0.5) is 11.4 Å². The van der Waals surface area contributed by atoms with Gasteiger partial charge in [-0.1, -0.05) is 23.2 Å². The SMILES string of the molecule is CCNc1ccc(S(=O)(=O)Nc2ccc(Cl)c(Cl)c2)cc1. The van der Waals surface area contributed by atoms with Crippen molar-refractivity contribution in [1.82, 2.24) is 0 Å². The third kappa shape index (κ3) is 4.03. The quantitative estimate of drug-likeness (QED) is 0.853. The molecule has 0 aromatic heterocycles. The van der Waals surface area contributed by atoms with Crippen LogP contribution in [0.5, 0.6) is 0 Å². The lowest BCUT2D eigenvalue weighted by molar-refractivity contribution is 0.601. The average molecular weight is 345 g/mol. The Morgan fingerprint density at radius 1 is 0.952 bits per heavy atom. The fourth-order valence-corrected chi connectivity index (χ4v) is 3.08. The van der Waals surface area contributed by atoms with Crippen LogP contribution in [0, 0.1) is 0 Å². The van der Waals surface area contributed by atoms with Crippen LogP contribution in [-0.4, -0.2) is 15.0 Å². The van der Waals surface area contributed by atoms with E-state index in [1.165, 1.54) is 24.3 Å². The van der Waals surface area contributed by atoms with Crippen LogP contribution in [0.15, 0.2) is 47.4 Å². The zero-order valence-electron chi connectivity index (χ0n) is 11.2. The second-order valence-electron chi connectivity index (χ2n) is 4.29. The van der Waals surface area contributed by atoms with Gasteiger partial charge in [0.1, 0.15) is 0 Å². The molecule has 7 heteroatoms. The van der Waals surface area contributed by atoms with E-state index in [1.807, 2.05) is 6.92 Å². The monoisotopic (exact) mass is 344 g/mol. The maximum absolute atomic E-state index is 12.3. The first-order valence-corrected chi connectivity index (χ1v) is 8.48. The standard InChI is InChI=1S/C14H14Cl2N2O2S/c1-2-17-10-3-6-12(7-4-10)21(19,20)18-11-5-8-13(15)14(16)9-11/h3-9,17-18H,2H2,1H3. The summed E-state index contributed by atoms with van der Waals surface area (Å²) >= 11 is 11.7. The average Bonchev–Trinajstić information content (AvgIpc) is 2.44. The van der Waals surface area contributed by atoms with Crippen LogP contribution in [0.25, 0.3) is 0 Å². The van der Waals surface area contributed by atoms with E-state index in [1.54, 1.807) is 18.2 Å². The number of hydrogen-bond donors (Lipinski definition) is 2. The van der Waals surface area contributed by atoms with Gasteiger partial charge >= 0.3 is 0 Å². The van der Waals surface area contributed by atoms with Crippen molar-refractivity contribution in [3.63, 3.8) is 0 Å². The number of hydrogen-bond acceptors (Lipinski definition) is 3. The first kappa shape index (κ1) is 15.9. The van der Waals surface area contributed by atoms with Gasteiger partial charge in [-0.2, -0.15) is 0 Å². The lowest BCUT2D eigenvalue weighted by atomic mass is 10.3. The Morgan fingerprint density at radius 2 is 1.57 bits per heavy atom. The summed E-state index contributed by atoms with van der Waals surface area (Å²) in [5.74, 6) is 0. The Morgan fingerprint density at radius 3 is 2.14 bits per heavy atom. The van der Waals surface area contributed by atoms with Crippen LogP contribution in [0.1, 0.15) is 6.92 Å². The molecule has 0 heterocycles. The highest BCUT2D eigenvalue weighted by Gasteiger charge is 2.14. The van der Waals surface area contributed by atoms with Crippen LogP contribution < -0.4 is 10.0 Å². The third-order valence-electron chi connectivity index (χ3n) is 2.72. The molecule has 0 amide bonds. The second kappa shape index (κ2) is 6.56. The molecule has 2 aromatic rings. The summed E-state index contributed by atoms with van der Waals surface area (Å²) in [4.78, 5) is 0.176. The number of halogens is 2. The molecule has 0 fully saturated rings. The number of sulfonamides is 1. The van der Waals surface area contributed by atoms with Gasteiger partial charge in [-0.3, -0.25) is 4.72 Å². The fraction of sp³-hybridized carbons (Fsp3) is 0.143. The highest BCUT2D eigenvalue weighted by atomic mass is 35.5. The van der Waals surface area contributed by atoms with E-state index in [2.05, 4.69) is 10.0 Å². The van der Waals surface area contributed by atoms with Gasteiger partial charge in [-0.25, -0.2) is 8.42 Å². The molecule has 0 saturated carbocycles. The number of benzene rings is 2. The Hall–Kier alpha value is -1.43. The van der Waals surface area contributed by atoms with E-state index in [9.17, 15) is 8.42 Å². The molecule has 4 nitrogen and oxygen atoms in total. The minimum Gasteiger partial charge on any atom is -0.385 e. The molecule has 2 N–H and O–H groups in total. The normalized spacial score (nSPS) is 11.2. The van der Waals surface area contributed by atoms with Crippen LogP contribution in [-0.2, 0) is 10.0 Å². The van der Waals surface area contributed by atoms with E-state index in [0.717, 1.165) is 12.2 Å². The minimum atomic E-state index is -3.65. The Balaban J connectivity index is 2.23. The Labute approximate surface area is 134 Å². The van der Waals surface area contributed by atoms with Crippen molar-refractivity contribution in [2.75, 3.05) is 16.6 Å². The first-order valence-electron chi connectivity index (χ1n) is 6.24. The highest BCUT2D eigenvalue weighted by molar-refractivity contribution is 7.92. The van der Waals surface area contributed by atoms with Gasteiger partial charge in [-0.05, 0) is 49.4 Å². The summed E-state index contributed by atoms with van der Waals surface area (Å²) in [7, 11) is -3.65. The Bertz CT molecular complexity index is 731. The Kier molecular flexibility index (Phi) is 4.98. The zero-order valence-corrected chi connectivity index (χ0v) is 13.6. The van der Waals surface area contributed by atoms with Gasteiger partial charge in [0, 0.05) is 12.2 Å². The zero-order chi connectivity index (χ0) is 15.5. The van der Waals surface area contributed by atoms with Crippen molar-refractivity contribution >= 4 is 44.6 Å². The van der Waals surface area contributed by atoms with Gasteiger partial charge in [0.2, 0.25) is 0 Å². The summed E-state index contributed by atoms with van der Waals surface area (Å²) < 4.78 is 27.0. The van der Waals surface area contributed by atoms with Crippen LogP contribution in [0.3, 0.4) is 0 Å². The molecule has 2 rings (SSSR count). The van der Waals surface area contributed by atoms with Gasteiger partial charge < -0.3 is 5.32 Å². The van der Waals surface area contributed by atoms with Crippen molar-refractivity contribution in [3.8, 4) is 0 Å². The molecule has 21 heavy (non-hydrogen) atoms. The lowest BCUT2D eigenvalue weighted by Crippen LogP contribution is -2.13. The molecule has 0 atom stereocenters.